The van der Waals surface area contributed by atoms with Gasteiger partial charge in [-0.25, -0.2) is 0 Å². The second-order valence-corrected chi connectivity index (χ2v) is 5.05. The van der Waals surface area contributed by atoms with Gasteiger partial charge in [-0.3, -0.25) is 4.98 Å². The Morgan fingerprint density at radius 3 is 2.75 bits per heavy atom. The zero-order valence-corrected chi connectivity index (χ0v) is 13.7. The third kappa shape index (κ3) is 1.78. The Morgan fingerprint density at radius 2 is 1.90 bits per heavy atom. The second-order valence-electron chi connectivity index (χ2n) is 5.05. The first kappa shape index (κ1) is 13.3. The molecular formula is C17H13IrN2-. The van der Waals surface area contributed by atoms with E-state index in [2.05, 4.69) is 54.8 Å². The van der Waals surface area contributed by atoms with Crippen LogP contribution in [0.25, 0.3) is 27.5 Å². The van der Waals surface area contributed by atoms with Gasteiger partial charge < -0.3 is 4.40 Å². The topological polar surface area (TPSA) is 17.3 Å². The molecule has 0 N–H and O–H groups in total. The molecule has 0 spiro atoms. The first-order valence-electron chi connectivity index (χ1n) is 6.42. The average Bonchev–Trinajstić information content (AvgIpc) is 2.77. The molecule has 0 fully saturated rings. The van der Waals surface area contributed by atoms with Crippen LogP contribution in [0.3, 0.4) is 0 Å². The zero-order chi connectivity index (χ0) is 13.0. The minimum Gasteiger partial charge on any atom is -0.341 e. The van der Waals surface area contributed by atoms with Gasteiger partial charge in [0.05, 0.1) is 16.7 Å². The van der Waals surface area contributed by atoms with E-state index in [0.717, 1.165) is 22.1 Å². The number of imidazole rings is 1. The third-order valence-electron chi connectivity index (χ3n) is 3.82. The van der Waals surface area contributed by atoms with Crippen molar-refractivity contribution in [2.75, 3.05) is 0 Å². The monoisotopic (exact) mass is 438 g/mol. The van der Waals surface area contributed by atoms with Gasteiger partial charge in [-0.05, 0) is 43.3 Å². The molecule has 0 aliphatic rings. The van der Waals surface area contributed by atoms with E-state index < -0.39 is 0 Å². The van der Waals surface area contributed by atoms with E-state index in [0.29, 0.717) is 0 Å². The first-order chi connectivity index (χ1) is 9.24. The molecule has 4 rings (SSSR count). The molecule has 0 unspecified atom stereocenters. The predicted octanol–water partition coefficient (Wildman–Crippen LogP) is 4.06. The summed E-state index contributed by atoms with van der Waals surface area (Å²) in [7, 11) is 0. The molecule has 0 atom stereocenters. The van der Waals surface area contributed by atoms with Crippen LogP contribution in [0.15, 0.2) is 42.6 Å². The molecular weight excluding hydrogens is 424 g/mol. The number of hydrogen-bond donors (Lipinski definition) is 0. The summed E-state index contributed by atoms with van der Waals surface area (Å²) in [6.45, 7) is 4.27. The zero-order valence-electron chi connectivity index (χ0n) is 11.3. The molecule has 0 saturated heterocycles. The van der Waals surface area contributed by atoms with Gasteiger partial charge in [0.25, 0.3) is 0 Å². The average molecular weight is 438 g/mol. The van der Waals surface area contributed by atoms with E-state index in [1.165, 1.54) is 16.5 Å². The normalized spacial score (nSPS) is 11.1. The van der Waals surface area contributed by atoms with Gasteiger partial charge in [0.1, 0.15) is 0 Å². The van der Waals surface area contributed by atoms with Gasteiger partial charge in [-0.2, -0.15) is 0 Å². The van der Waals surface area contributed by atoms with Crippen molar-refractivity contribution in [2.24, 2.45) is 0 Å². The molecule has 4 aromatic rings. The van der Waals surface area contributed by atoms with Gasteiger partial charge in [0, 0.05) is 20.1 Å². The summed E-state index contributed by atoms with van der Waals surface area (Å²) in [5.41, 5.74) is 5.78. The number of benzene rings is 2. The van der Waals surface area contributed by atoms with Crippen LogP contribution in [0.4, 0.5) is 0 Å². The van der Waals surface area contributed by atoms with Gasteiger partial charge in [-0.1, -0.05) is 6.07 Å². The summed E-state index contributed by atoms with van der Waals surface area (Å²) in [5, 5.41) is 2.26. The molecule has 1 radical (unpaired) electrons. The van der Waals surface area contributed by atoms with Crippen LogP contribution in [0, 0.1) is 19.9 Å². The Hall–Kier alpha value is -1.70. The van der Waals surface area contributed by atoms with Gasteiger partial charge >= 0.3 is 0 Å². The molecule has 2 nitrogen and oxygen atoms in total. The largest absolute Gasteiger partial charge is 0.341 e. The molecule has 0 aliphatic carbocycles. The van der Waals surface area contributed by atoms with E-state index in [1.54, 1.807) is 0 Å². The van der Waals surface area contributed by atoms with Crippen molar-refractivity contribution < 1.29 is 20.1 Å². The second kappa shape index (κ2) is 4.69. The SMILES string of the molecule is Cc1cc2nc3c4[c-]cccc4ccn3c2cc1C.[Ir]. The summed E-state index contributed by atoms with van der Waals surface area (Å²) in [6.07, 6.45) is 2.09. The molecule has 0 saturated carbocycles. The van der Waals surface area contributed by atoms with E-state index in [-0.39, 0.29) is 20.1 Å². The number of rotatable bonds is 0. The number of fused-ring (bicyclic) bond motifs is 5. The van der Waals surface area contributed by atoms with Crippen molar-refractivity contribution in [1.29, 1.82) is 0 Å². The van der Waals surface area contributed by atoms with Crippen molar-refractivity contribution in [2.45, 2.75) is 13.8 Å². The van der Waals surface area contributed by atoms with Crippen LogP contribution in [0.5, 0.6) is 0 Å². The van der Waals surface area contributed by atoms with Crippen LogP contribution in [0.2, 0.25) is 0 Å². The minimum absolute atomic E-state index is 0. The molecule has 2 heterocycles. The van der Waals surface area contributed by atoms with Crippen molar-refractivity contribution >= 4 is 27.5 Å². The van der Waals surface area contributed by atoms with E-state index in [4.69, 9.17) is 4.98 Å². The number of pyridine rings is 1. The molecule has 101 valence electrons. The van der Waals surface area contributed by atoms with Crippen molar-refractivity contribution in [3.63, 3.8) is 0 Å². The Bertz CT molecular complexity index is 938. The smallest absolute Gasteiger partial charge is 0.0777 e. The summed E-state index contributed by atoms with van der Waals surface area (Å²) < 4.78 is 2.15. The van der Waals surface area contributed by atoms with Gasteiger partial charge in [0.15, 0.2) is 0 Å². The van der Waals surface area contributed by atoms with E-state index in [1.807, 2.05) is 12.1 Å². The van der Waals surface area contributed by atoms with Crippen LogP contribution >= 0.6 is 0 Å². The third-order valence-corrected chi connectivity index (χ3v) is 3.82. The number of hydrogen-bond acceptors (Lipinski definition) is 1. The van der Waals surface area contributed by atoms with Crippen molar-refractivity contribution in [3.8, 4) is 0 Å². The van der Waals surface area contributed by atoms with Crippen LogP contribution < -0.4 is 0 Å². The van der Waals surface area contributed by atoms with Crippen LogP contribution in [0.1, 0.15) is 11.1 Å². The van der Waals surface area contributed by atoms with Gasteiger partial charge in [0.2, 0.25) is 0 Å². The van der Waals surface area contributed by atoms with E-state index >= 15 is 0 Å². The summed E-state index contributed by atoms with van der Waals surface area (Å²) in [6, 6.07) is 15.8. The standard InChI is InChI=1S/C17H13N2.Ir/c1-11-9-15-16(10-12(11)2)19-8-7-13-5-3-4-6-14(13)17(19)18-15;/h3-5,7-10H,1-2H3;/q-1;. The molecule has 0 amide bonds. The number of aryl methyl sites for hydroxylation is 2. The summed E-state index contributed by atoms with van der Waals surface area (Å²) >= 11 is 0. The fraction of sp³-hybridized carbons (Fsp3) is 0.118. The maximum absolute atomic E-state index is 4.78. The molecule has 2 aromatic carbocycles. The fourth-order valence-electron chi connectivity index (χ4n) is 2.61. The van der Waals surface area contributed by atoms with Gasteiger partial charge in [-0.15, -0.1) is 35.0 Å². The van der Waals surface area contributed by atoms with E-state index in [9.17, 15) is 0 Å². The first-order valence-corrected chi connectivity index (χ1v) is 6.42. The van der Waals surface area contributed by atoms with Crippen molar-refractivity contribution in [1.82, 2.24) is 9.38 Å². The molecule has 20 heavy (non-hydrogen) atoms. The van der Waals surface area contributed by atoms with Crippen LogP contribution in [-0.4, -0.2) is 9.38 Å². The molecule has 0 bridgehead atoms. The molecule has 0 aliphatic heterocycles. The maximum Gasteiger partial charge on any atom is 0.0777 e. The number of nitrogens with zero attached hydrogens (tertiary/aromatic N) is 2. The Kier molecular flexibility index (Phi) is 3.12. The summed E-state index contributed by atoms with van der Waals surface area (Å²) in [4.78, 5) is 4.78. The Balaban J connectivity index is 0.00000121. The number of aromatic nitrogens is 2. The predicted molar refractivity (Wildman–Crippen MR) is 78.5 cm³/mol. The maximum atomic E-state index is 4.78. The molecule has 2 aromatic heterocycles. The van der Waals surface area contributed by atoms with Crippen LogP contribution in [-0.2, 0) is 20.1 Å². The Labute approximate surface area is 130 Å². The van der Waals surface area contributed by atoms with Crippen molar-refractivity contribution in [3.05, 3.63) is 59.8 Å². The molecule has 3 heteroatoms. The quantitative estimate of drug-likeness (QED) is 0.380. The summed E-state index contributed by atoms with van der Waals surface area (Å²) in [5.74, 6) is 0. The minimum atomic E-state index is 0. The fourth-order valence-corrected chi connectivity index (χ4v) is 2.61. The Morgan fingerprint density at radius 1 is 1.10 bits per heavy atom.